The molecule has 0 aliphatic carbocycles. The summed E-state index contributed by atoms with van der Waals surface area (Å²) in [6.07, 6.45) is -0.501. The van der Waals surface area contributed by atoms with Crippen LogP contribution in [0.2, 0.25) is 5.02 Å². The molecule has 0 saturated carbocycles. The predicted molar refractivity (Wildman–Crippen MR) is 111 cm³/mol. The Bertz CT molecular complexity index is 1060. The van der Waals surface area contributed by atoms with E-state index in [1.165, 1.54) is 19.1 Å². The normalized spacial score (nSPS) is 19.8. The molecule has 0 bridgehead atoms. The Kier molecular flexibility index (Phi) is 5.73. The highest BCUT2D eigenvalue weighted by molar-refractivity contribution is 6.31. The van der Waals surface area contributed by atoms with Crippen LogP contribution < -0.4 is 14.8 Å². The maximum atomic E-state index is 12.9. The van der Waals surface area contributed by atoms with Gasteiger partial charge >= 0.3 is 5.97 Å². The molecule has 1 fully saturated rings. The van der Waals surface area contributed by atoms with Gasteiger partial charge in [-0.25, -0.2) is 4.79 Å². The molecule has 2 aromatic rings. The van der Waals surface area contributed by atoms with Crippen molar-refractivity contribution in [3.63, 3.8) is 0 Å². The third kappa shape index (κ3) is 3.67. The van der Waals surface area contributed by atoms with E-state index >= 15 is 0 Å². The molecular weight excluding hydrogens is 424 g/mol. The van der Waals surface area contributed by atoms with Crippen LogP contribution in [0.25, 0.3) is 0 Å². The Morgan fingerprint density at radius 3 is 2.68 bits per heavy atom. The summed E-state index contributed by atoms with van der Waals surface area (Å²) in [4.78, 5) is 39.5. The van der Waals surface area contributed by atoms with E-state index in [1.807, 2.05) is 12.1 Å². The second kappa shape index (κ2) is 8.47. The van der Waals surface area contributed by atoms with E-state index in [0.717, 1.165) is 5.56 Å². The molecule has 0 radical (unpaired) electrons. The van der Waals surface area contributed by atoms with Crippen LogP contribution in [0.3, 0.4) is 0 Å². The van der Waals surface area contributed by atoms with Crippen LogP contribution in [0.1, 0.15) is 40.6 Å². The first-order chi connectivity index (χ1) is 15.0. The zero-order valence-electron chi connectivity index (χ0n) is 17.0. The van der Waals surface area contributed by atoms with Crippen molar-refractivity contribution in [2.24, 2.45) is 0 Å². The Balaban J connectivity index is 1.59. The number of benzene rings is 2. The number of nitrogens with one attached hydrogen (secondary N) is 1. The minimum Gasteiger partial charge on any atom is -0.493 e. The third-order valence-corrected chi connectivity index (χ3v) is 5.86. The minimum atomic E-state index is -1.01. The second-order valence-corrected chi connectivity index (χ2v) is 7.59. The van der Waals surface area contributed by atoms with Crippen LogP contribution in [0.5, 0.6) is 11.5 Å². The first kappa shape index (κ1) is 21.0. The number of rotatable bonds is 6. The molecule has 0 spiro atoms. The number of ether oxygens (including phenoxy) is 3. The highest BCUT2D eigenvalue weighted by Crippen LogP contribution is 2.45. The maximum Gasteiger partial charge on any atom is 0.344 e. The zero-order chi connectivity index (χ0) is 22.1. The highest BCUT2D eigenvalue weighted by atomic mass is 35.5. The topological polar surface area (TPSA) is 94.2 Å². The summed E-state index contributed by atoms with van der Waals surface area (Å²) in [5.74, 6) is -0.626. The van der Waals surface area contributed by atoms with Crippen LogP contribution in [-0.2, 0) is 20.9 Å². The fraction of sp³-hybridized carbons (Fsp3) is 0.318. The first-order valence-electron chi connectivity index (χ1n) is 9.74. The van der Waals surface area contributed by atoms with Crippen molar-refractivity contribution in [2.75, 3.05) is 14.2 Å². The van der Waals surface area contributed by atoms with Gasteiger partial charge in [-0.3, -0.25) is 14.5 Å². The molecule has 1 N–H and O–H groups in total. The summed E-state index contributed by atoms with van der Waals surface area (Å²) in [6.45, 7) is 0.225. The molecule has 0 aromatic heterocycles. The van der Waals surface area contributed by atoms with Gasteiger partial charge in [0.25, 0.3) is 0 Å². The standard InChI is InChI=1S/C22H21ClN2O6/c1-29-16-9-7-13-18(19(16)30-2)22(28)31-21(13)25-15(8-10-17(25)26)20(27)24-11-12-5-3-4-6-14(12)23/h3-7,9,15,21H,8,10-11H2,1-2H3,(H,24,27)/t15-,21-/m0/s1. The zero-order valence-corrected chi connectivity index (χ0v) is 17.8. The van der Waals surface area contributed by atoms with Crippen molar-refractivity contribution in [3.8, 4) is 11.5 Å². The van der Waals surface area contributed by atoms with E-state index in [9.17, 15) is 14.4 Å². The number of nitrogens with zero attached hydrogens (tertiary/aromatic N) is 1. The number of likely N-dealkylation sites (tertiary alicyclic amines) is 1. The summed E-state index contributed by atoms with van der Waals surface area (Å²) in [5, 5.41) is 3.37. The van der Waals surface area contributed by atoms with Gasteiger partial charge in [0.2, 0.25) is 18.0 Å². The SMILES string of the molecule is COc1ccc2c(c1OC)C(=O)O[C@@H]2N1C(=O)CC[C@H]1C(=O)NCc1ccccc1Cl. The van der Waals surface area contributed by atoms with Gasteiger partial charge in [0.15, 0.2) is 11.5 Å². The number of carbonyl (C=O) groups excluding carboxylic acids is 3. The molecule has 2 atom stereocenters. The molecule has 162 valence electrons. The Morgan fingerprint density at radius 2 is 1.97 bits per heavy atom. The van der Waals surface area contributed by atoms with Crippen molar-refractivity contribution in [1.82, 2.24) is 10.2 Å². The van der Waals surface area contributed by atoms with Crippen molar-refractivity contribution in [1.29, 1.82) is 0 Å². The number of hydrogen-bond acceptors (Lipinski definition) is 6. The number of esters is 1. The van der Waals surface area contributed by atoms with Crippen molar-refractivity contribution < 1.29 is 28.6 Å². The fourth-order valence-corrected chi connectivity index (χ4v) is 4.19. The van der Waals surface area contributed by atoms with Crippen LogP contribution in [0.15, 0.2) is 36.4 Å². The number of methoxy groups -OCH3 is 2. The monoisotopic (exact) mass is 444 g/mol. The molecule has 4 rings (SSSR count). The molecule has 2 aliphatic rings. The van der Waals surface area contributed by atoms with Gasteiger partial charge < -0.3 is 19.5 Å². The quantitative estimate of drug-likeness (QED) is 0.688. The molecule has 9 heteroatoms. The summed E-state index contributed by atoms with van der Waals surface area (Å²) in [6, 6.07) is 9.71. The van der Waals surface area contributed by atoms with Gasteiger partial charge in [0.05, 0.1) is 14.2 Å². The van der Waals surface area contributed by atoms with Gasteiger partial charge in [-0.1, -0.05) is 29.8 Å². The van der Waals surface area contributed by atoms with Gasteiger partial charge in [0.1, 0.15) is 11.6 Å². The molecule has 1 saturated heterocycles. The van der Waals surface area contributed by atoms with E-state index in [1.54, 1.807) is 24.3 Å². The molecule has 2 amide bonds. The molecule has 8 nitrogen and oxygen atoms in total. The van der Waals surface area contributed by atoms with Gasteiger partial charge in [-0.2, -0.15) is 0 Å². The highest BCUT2D eigenvalue weighted by Gasteiger charge is 2.47. The third-order valence-electron chi connectivity index (χ3n) is 5.49. The smallest absolute Gasteiger partial charge is 0.344 e. The summed E-state index contributed by atoms with van der Waals surface area (Å²) in [7, 11) is 2.89. The Morgan fingerprint density at radius 1 is 1.19 bits per heavy atom. The van der Waals surface area contributed by atoms with E-state index in [4.69, 9.17) is 25.8 Å². The van der Waals surface area contributed by atoms with E-state index in [0.29, 0.717) is 22.8 Å². The average molecular weight is 445 g/mol. The van der Waals surface area contributed by atoms with Crippen molar-refractivity contribution in [2.45, 2.75) is 31.7 Å². The average Bonchev–Trinajstić information content (AvgIpc) is 3.31. The number of hydrogen-bond donors (Lipinski definition) is 1. The summed E-state index contributed by atoms with van der Waals surface area (Å²) >= 11 is 6.15. The summed E-state index contributed by atoms with van der Waals surface area (Å²) < 4.78 is 16.1. The lowest BCUT2D eigenvalue weighted by atomic mass is 10.1. The summed E-state index contributed by atoms with van der Waals surface area (Å²) in [5.41, 5.74) is 1.42. The van der Waals surface area contributed by atoms with Gasteiger partial charge in [-0.05, 0) is 30.2 Å². The minimum absolute atomic E-state index is 0.181. The lowest BCUT2D eigenvalue weighted by Gasteiger charge is -2.29. The van der Waals surface area contributed by atoms with E-state index in [-0.39, 0.29) is 36.1 Å². The largest absolute Gasteiger partial charge is 0.493 e. The number of cyclic esters (lactones) is 1. The van der Waals surface area contributed by atoms with Crippen molar-refractivity contribution in [3.05, 3.63) is 58.1 Å². The fourth-order valence-electron chi connectivity index (χ4n) is 3.98. The number of carbonyl (C=O) groups is 3. The Hall–Kier alpha value is -3.26. The van der Waals surface area contributed by atoms with Gasteiger partial charge in [-0.15, -0.1) is 0 Å². The van der Waals surface area contributed by atoms with Crippen LogP contribution in [0.4, 0.5) is 0 Å². The number of halogens is 1. The van der Waals surface area contributed by atoms with Crippen LogP contribution >= 0.6 is 11.6 Å². The molecule has 0 unspecified atom stereocenters. The van der Waals surface area contributed by atoms with E-state index in [2.05, 4.69) is 5.32 Å². The molecule has 2 heterocycles. The lowest BCUT2D eigenvalue weighted by molar-refractivity contribution is -0.145. The molecular formula is C22H21ClN2O6. The Labute approximate surface area is 184 Å². The second-order valence-electron chi connectivity index (χ2n) is 7.19. The van der Waals surface area contributed by atoms with E-state index < -0.39 is 18.2 Å². The van der Waals surface area contributed by atoms with Crippen LogP contribution in [-0.4, -0.2) is 42.9 Å². The predicted octanol–water partition coefficient (Wildman–Crippen LogP) is 2.83. The molecule has 2 aromatic carbocycles. The number of amides is 2. The first-order valence-corrected chi connectivity index (χ1v) is 10.1. The van der Waals surface area contributed by atoms with Crippen molar-refractivity contribution >= 4 is 29.4 Å². The van der Waals surface area contributed by atoms with Crippen LogP contribution in [0, 0.1) is 0 Å². The molecule has 31 heavy (non-hydrogen) atoms. The van der Waals surface area contributed by atoms with Gasteiger partial charge in [0, 0.05) is 23.6 Å². The lowest BCUT2D eigenvalue weighted by Crippen LogP contribution is -2.46. The molecule has 2 aliphatic heterocycles. The maximum absolute atomic E-state index is 12.9. The number of fused-ring (bicyclic) bond motifs is 1.